The van der Waals surface area contributed by atoms with Crippen molar-refractivity contribution in [3.8, 4) is 10.8 Å². The smallest absolute Gasteiger partial charge is 0.228 e. The van der Waals surface area contributed by atoms with Crippen LogP contribution in [0.15, 0.2) is 21.9 Å². The third-order valence-electron chi connectivity index (χ3n) is 4.69. The van der Waals surface area contributed by atoms with E-state index in [1.165, 1.54) is 11.3 Å². The fraction of sp³-hybridized carbons (Fsp3) is 0.526. The highest BCUT2D eigenvalue weighted by Crippen LogP contribution is 2.26. The van der Waals surface area contributed by atoms with Gasteiger partial charge in [-0.2, -0.15) is 0 Å². The summed E-state index contributed by atoms with van der Waals surface area (Å²) in [5.74, 6) is 1.56. The Labute approximate surface area is 187 Å². The van der Waals surface area contributed by atoms with Crippen LogP contribution >= 0.6 is 36.2 Å². The molecule has 2 aromatic heterocycles. The molecule has 0 radical (unpaired) electrons. The molecule has 3 rings (SSSR count). The summed E-state index contributed by atoms with van der Waals surface area (Å²) in [5, 5.41) is 5.59. The van der Waals surface area contributed by atoms with E-state index in [9.17, 15) is 9.59 Å². The third-order valence-corrected chi connectivity index (χ3v) is 5.59. The van der Waals surface area contributed by atoms with E-state index in [-0.39, 0.29) is 49.1 Å². The summed E-state index contributed by atoms with van der Waals surface area (Å²) >= 11 is 1.48. The minimum absolute atomic E-state index is 0. The molecule has 162 valence electrons. The number of carbonyl (C=O) groups is 2. The maximum atomic E-state index is 12.8. The van der Waals surface area contributed by atoms with E-state index in [4.69, 9.17) is 10.2 Å². The van der Waals surface area contributed by atoms with Gasteiger partial charge in [-0.05, 0) is 38.3 Å². The number of rotatable bonds is 7. The Morgan fingerprint density at radius 2 is 2.14 bits per heavy atom. The van der Waals surface area contributed by atoms with Gasteiger partial charge in [0, 0.05) is 37.5 Å². The number of hydrogen-bond acceptors (Lipinski definition) is 6. The van der Waals surface area contributed by atoms with E-state index in [1.807, 2.05) is 29.3 Å². The van der Waals surface area contributed by atoms with Gasteiger partial charge < -0.3 is 20.4 Å². The van der Waals surface area contributed by atoms with Crippen LogP contribution in [0.4, 0.5) is 0 Å². The summed E-state index contributed by atoms with van der Waals surface area (Å²) in [7, 11) is 0. The van der Waals surface area contributed by atoms with Gasteiger partial charge in [0.1, 0.15) is 5.76 Å². The zero-order valence-corrected chi connectivity index (χ0v) is 18.8. The van der Waals surface area contributed by atoms with Gasteiger partial charge in [0.05, 0.1) is 12.1 Å². The van der Waals surface area contributed by atoms with Crippen molar-refractivity contribution < 1.29 is 14.0 Å². The van der Waals surface area contributed by atoms with Crippen LogP contribution in [0.25, 0.3) is 10.8 Å². The molecule has 7 nitrogen and oxygen atoms in total. The van der Waals surface area contributed by atoms with Gasteiger partial charge in [-0.25, -0.2) is 4.98 Å². The predicted octanol–water partition coefficient (Wildman–Crippen LogP) is 2.94. The zero-order valence-electron chi connectivity index (χ0n) is 16.4. The third kappa shape index (κ3) is 6.99. The Kier molecular flexibility index (Phi) is 10.7. The molecular weight excluding hydrogens is 435 g/mol. The average molecular weight is 463 g/mol. The topological polar surface area (TPSA) is 101 Å². The van der Waals surface area contributed by atoms with Crippen LogP contribution < -0.4 is 11.1 Å². The van der Waals surface area contributed by atoms with E-state index in [0.29, 0.717) is 19.5 Å². The van der Waals surface area contributed by atoms with Crippen LogP contribution in [0.2, 0.25) is 0 Å². The van der Waals surface area contributed by atoms with Crippen molar-refractivity contribution in [1.82, 2.24) is 15.2 Å². The summed E-state index contributed by atoms with van der Waals surface area (Å²) < 4.78 is 5.60. The summed E-state index contributed by atoms with van der Waals surface area (Å²) in [4.78, 5) is 31.0. The van der Waals surface area contributed by atoms with Gasteiger partial charge in [-0.1, -0.05) is 0 Å². The molecule has 1 unspecified atom stereocenters. The monoisotopic (exact) mass is 462 g/mol. The van der Waals surface area contributed by atoms with Crippen molar-refractivity contribution in [3.63, 3.8) is 0 Å². The predicted molar refractivity (Wildman–Crippen MR) is 119 cm³/mol. The number of piperidine rings is 1. The normalized spacial score (nSPS) is 15.9. The summed E-state index contributed by atoms with van der Waals surface area (Å²) in [6.45, 7) is 3.44. The Bertz CT molecular complexity index is 796. The van der Waals surface area contributed by atoms with E-state index < -0.39 is 0 Å². The average Bonchev–Trinajstić information content (AvgIpc) is 3.29. The van der Waals surface area contributed by atoms with Gasteiger partial charge in [-0.3, -0.25) is 9.59 Å². The van der Waals surface area contributed by atoms with Crippen LogP contribution in [0.3, 0.4) is 0 Å². The van der Waals surface area contributed by atoms with Crippen molar-refractivity contribution in [2.45, 2.75) is 45.1 Å². The number of furan rings is 1. The maximum Gasteiger partial charge on any atom is 0.228 e. The number of thiazole rings is 1. The lowest BCUT2D eigenvalue weighted by Crippen LogP contribution is -2.50. The molecule has 0 saturated carbocycles. The summed E-state index contributed by atoms with van der Waals surface area (Å²) in [6.07, 6.45) is 3.55. The number of nitrogens with zero attached hydrogens (tertiary/aromatic N) is 2. The lowest BCUT2D eigenvalue weighted by molar-refractivity contribution is -0.134. The van der Waals surface area contributed by atoms with Gasteiger partial charge in [0.25, 0.3) is 0 Å². The number of carbonyl (C=O) groups excluding carboxylic acids is 2. The first kappa shape index (κ1) is 25.4. The number of nitrogens with one attached hydrogen (secondary N) is 1. The fourth-order valence-electron chi connectivity index (χ4n) is 3.30. The van der Waals surface area contributed by atoms with Gasteiger partial charge in [0.15, 0.2) is 10.8 Å². The Morgan fingerprint density at radius 1 is 1.34 bits per heavy atom. The molecule has 1 fully saturated rings. The maximum absolute atomic E-state index is 12.8. The molecule has 1 atom stereocenters. The number of likely N-dealkylation sites (tertiary alicyclic amines) is 1. The van der Waals surface area contributed by atoms with Gasteiger partial charge >= 0.3 is 0 Å². The SMILES string of the molecule is Cc1ccc(-c2nc(CC(=O)N3CCCCC3CNC(=O)CCN)cs2)o1.Cl.Cl. The fourth-order valence-corrected chi connectivity index (χ4v) is 4.08. The van der Waals surface area contributed by atoms with Gasteiger partial charge in [-0.15, -0.1) is 36.2 Å². The number of hydrogen-bond donors (Lipinski definition) is 2. The molecule has 0 bridgehead atoms. The van der Waals surface area contributed by atoms with Crippen molar-refractivity contribution in [3.05, 3.63) is 29.0 Å². The molecule has 10 heteroatoms. The first-order valence-corrected chi connectivity index (χ1v) is 10.2. The van der Waals surface area contributed by atoms with Crippen LogP contribution in [0.1, 0.15) is 37.1 Å². The zero-order chi connectivity index (χ0) is 19.2. The second kappa shape index (κ2) is 12.2. The highest BCUT2D eigenvalue weighted by atomic mass is 35.5. The highest BCUT2D eigenvalue weighted by molar-refractivity contribution is 7.13. The van der Waals surface area contributed by atoms with Gasteiger partial charge in [0.2, 0.25) is 11.8 Å². The molecule has 1 aliphatic rings. The van der Waals surface area contributed by atoms with Crippen LogP contribution in [0, 0.1) is 6.92 Å². The molecule has 29 heavy (non-hydrogen) atoms. The number of aryl methyl sites for hydroxylation is 1. The van der Waals surface area contributed by atoms with Crippen LogP contribution in [0.5, 0.6) is 0 Å². The van der Waals surface area contributed by atoms with Crippen LogP contribution in [-0.4, -0.2) is 47.4 Å². The highest BCUT2D eigenvalue weighted by Gasteiger charge is 2.27. The summed E-state index contributed by atoms with van der Waals surface area (Å²) in [5.41, 5.74) is 6.16. The lowest BCUT2D eigenvalue weighted by atomic mass is 10.0. The van der Waals surface area contributed by atoms with E-state index in [1.54, 1.807) is 0 Å². The molecule has 3 N–H and O–H groups in total. The molecule has 2 amide bonds. The van der Waals surface area contributed by atoms with Crippen molar-refractivity contribution in [1.29, 1.82) is 0 Å². The van der Waals surface area contributed by atoms with E-state index in [0.717, 1.165) is 48.0 Å². The molecule has 3 heterocycles. The minimum atomic E-state index is -0.0617. The largest absolute Gasteiger partial charge is 0.459 e. The van der Waals surface area contributed by atoms with Crippen molar-refractivity contribution in [2.75, 3.05) is 19.6 Å². The summed E-state index contributed by atoms with van der Waals surface area (Å²) in [6, 6.07) is 3.84. The lowest BCUT2D eigenvalue weighted by Gasteiger charge is -2.36. The number of halogens is 2. The molecule has 1 aliphatic heterocycles. The molecule has 0 spiro atoms. The minimum Gasteiger partial charge on any atom is -0.459 e. The first-order valence-electron chi connectivity index (χ1n) is 9.34. The second-order valence-corrected chi connectivity index (χ2v) is 7.67. The van der Waals surface area contributed by atoms with E-state index >= 15 is 0 Å². The molecular formula is C19H28Cl2N4O3S. The number of amides is 2. The molecule has 2 aromatic rings. The Morgan fingerprint density at radius 3 is 2.83 bits per heavy atom. The molecule has 0 aromatic carbocycles. The standard InChI is InChI=1S/C19H26N4O3S.2ClH/c1-13-5-6-16(26-13)19-22-14(12-27-19)10-18(25)23-9-3-2-4-15(23)11-21-17(24)7-8-20;;/h5-6,12,15H,2-4,7-11,20H2,1H3,(H,21,24);2*1H. The van der Waals surface area contributed by atoms with E-state index in [2.05, 4.69) is 10.3 Å². The number of nitrogens with two attached hydrogens (primary N) is 1. The molecule has 0 aliphatic carbocycles. The molecule has 1 saturated heterocycles. The Hall–Kier alpha value is -1.61. The second-order valence-electron chi connectivity index (χ2n) is 6.81. The number of aromatic nitrogens is 1. The first-order chi connectivity index (χ1) is 13.1. The Balaban J connectivity index is 0.00000210. The van der Waals surface area contributed by atoms with Crippen molar-refractivity contribution >= 4 is 48.0 Å². The van der Waals surface area contributed by atoms with Crippen LogP contribution in [-0.2, 0) is 16.0 Å². The quantitative estimate of drug-likeness (QED) is 0.658. The van der Waals surface area contributed by atoms with Crippen molar-refractivity contribution in [2.24, 2.45) is 5.73 Å².